The smallest absolute Gasteiger partial charge is 0.0778 e. The Kier molecular flexibility index (Phi) is 7.23. The molecule has 4 nitrogen and oxygen atoms in total. The Morgan fingerprint density at radius 1 is 1.56 bits per heavy atom. The molecule has 0 aliphatic rings. The standard InChI is InChI=1S/C13H22BrN3O/c1-4-17-13(12(14)10-16-17)11(2)6-5-7-15-8-9-18-3/h6,10,15H,4-5,7-9H2,1-3H3. The minimum Gasteiger partial charge on any atom is -0.383 e. The Hall–Kier alpha value is -0.650. The summed E-state index contributed by atoms with van der Waals surface area (Å²) in [6, 6.07) is 0. The summed E-state index contributed by atoms with van der Waals surface area (Å²) in [5, 5.41) is 7.65. The molecule has 102 valence electrons. The van der Waals surface area contributed by atoms with E-state index in [-0.39, 0.29) is 0 Å². The lowest BCUT2D eigenvalue weighted by molar-refractivity contribution is 0.199. The molecule has 0 radical (unpaired) electrons. The fraction of sp³-hybridized carbons (Fsp3) is 0.615. The van der Waals surface area contributed by atoms with Crippen LogP contribution in [0.25, 0.3) is 5.57 Å². The average molecular weight is 316 g/mol. The Labute approximate surface area is 118 Å². The van der Waals surface area contributed by atoms with Gasteiger partial charge in [0.25, 0.3) is 0 Å². The number of rotatable bonds is 8. The maximum Gasteiger partial charge on any atom is 0.0778 e. The first-order valence-electron chi connectivity index (χ1n) is 6.28. The molecule has 0 unspecified atom stereocenters. The molecule has 1 heterocycles. The van der Waals surface area contributed by atoms with Gasteiger partial charge in [0.1, 0.15) is 0 Å². The second-order valence-corrected chi connectivity index (χ2v) is 4.93. The maximum atomic E-state index is 4.98. The summed E-state index contributed by atoms with van der Waals surface area (Å²) in [5.74, 6) is 0. The first-order valence-corrected chi connectivity index (χ1v) is 7.08. The van der Waals surface area contributed by atoms with E-state index in [1.165, 1.54) is 11.3 Å². The molecule has 0 atom stereocenters. The van der Waals surface area contributed by atoms with Crippen LogP contribution in [0.3, 0.4) is 0 Å². The van der Waals surface area contributed by atoms with Crippen LogP contribution < -0.4 is 5.32 Å². The van der Waals surface area contributed by atoms with Crippen LogP contribution in [0.2, 0.25) is 0 Å². The number of nitrogens with zero attached hydrogens (tertiary/aromatic N) is 2. The molecule has 0 aliphatic heterocycles. The Balaban J connectivity index is 2.47. The maximum absolute atomic E-state index is 4.98. The van der Waals surface area contributed by atoms with E-state index in [2.05, 4.69) is 46.3 Å². The Morgan fingerprint density at radius 3 is 3.00 bits per heavy atom. The topological polar surface area (TPSA) is 39.1 Å². The van der Waals surface area contributed by atoms with E-state index in [9.17, 15) is 0 Å². The number of hydrogen-bond donors (Lipinski definition) is 1. The molecule has 0 spiro atoms. The summed E-state index contributed by atoms with van der Waals surface area (Å²) in [4.78, 5) is 0. The summed E-state index contributed by atoms with van der Waals surface area (Å²) in [6.45, 7) is 7.75. The number of ether oxygens (including phenoxy) is 1. The van der Waals surface area contributed by atoms with E-state index in [1.54, 1.807) is 7.11 Å². The van der Waals surface area contributed by atoms with Crippen molar-refractivity contribution in [2.75, 3.05) is 26.8 Å². The van der Waals surface area contributed by atoms with Crippen LogP contribution >= 0.6 is 15.9 Å². The van der Waals surface area contributed by atoms with Gasteiger partial charge in [-0.2, -0.15) is 5.10 Å². The highest BCUT2D eigenvalue weighted by molar-refractivity contribution is 9.10. The first-order chi connectivity index (χ1) is 8.70. The van der Waals surface area contributed by atoms with Gasteiger partial charge < -0.3 is 10.1 Å². The molecule has 1 rings (SSSR count). The number of aryl methyl sites for hydroxylation is 1. The molecule has 0 aromatic carbocycles. The quantitative estimate of drug-likeness (QED) is 0.750. The lowest BCUT2D eigenvalue weighted by Crippen LogP contribution is -2.19. The van der Waals surface area contributed by atoms with Crippen LogP contribution in [0.4, 0.5) is 0 Å². The zero-order valence-corrected chi connectivity index (χ0v) is 13.0. The molecule has 0 fully saturated rings. The van der Waals surface area contributed by atoms with Crippen molar-refractivity contribution in [3.8, 4) is 0 Å². The lowest BCUT2D eigenvalue weighted by atomic mass is 10.2. The average Bonchev–Trinajstić information content (AvgIpc) is 2.74. The number of allylic oxidation sites excluding steroid dienone is 1. The summed E-state index contributed by atoms with van der Waals surface area (Å²) in [6.07, 6.45) is 5.11. The van der Waals surface area contributed by atoms with Gasteiger partial charge in [0.15, 0.2) is 0 Å². The summed E-state index contributed by atoms with van der Waals surface area (Å²) in [7, 11) is 1.72. The minimum atomic E-state index is 0.761. The second-order valence-electron chi connectivity index (χ2n) is 4.08. The lowest BCUT2D eigenvalue weighted by Gasteiger charge is -2.06. The van der Waals surface area contributed by atoms with Crippen molar-refractivity contribution in [1.29, 1.82) is 0 Å². The van der Waals surface area contributed by atoms with Gasteiger partial charge in [0.05, 0.1) is 23.0 Å². The molecule has 1 aromatic rings. The van der Waals surface area contributed by atoms with Crippen LogP contribution in [0.5, 0.6) is 0 Å². The van der Waals surface area contributed by atoms with Crippen LogP contribution in [0.1, 0.15) is 26.0 Å². The third kappa shape index (κ3) is 4.55. The van der Waals surface area contributed by atoms with E-state index < -0.39 is 0 Å². The van der Waals surface area contributed by atoms with Crippen LogP contribution in [-0.4, -0.2) is 36.6 Å². The second kappa shape index (κ2) is 8.45. The van der Waals surface area contributed by atoms with Crippen molar-refractivity contribution in [3.63, 3.8) is 0 Å². The van der Waals surface area contributed by atoms with Crippen LogP contribution in [0, 0.1) is 0 Å². The van der Waals surface area contributed by atoms with Crippen molar-refractivity contribution in [2.24, 2.45) is 0 Å². The van der Waals surface area contributed by atoms with Gasteiger partial charge in [0.2, 0.25) is 0 Å². The van der Waals surface area contributed by atoms with Crippen LogP contribution in [-0.2, 0) is 11.3 Å². The van der Waals surface area contributed by atoms with Crippen molar-refractivity contribution >= 4 is 21.5 Å². The molecular weight excluding hydrogens is 294 g/mol. The minimum absolute atomic E-state index is 0.761. The number of methoxy groups -OCH3 is 1. The molecule has 18 heavy (non-hydrogen) atoms. The van der Waals surface area contributed by atoms with Gasteiger partial charge in [-0.15, -0.1) is 0 Å². The molecule has 0 amide bonds. The predicted octanol–water partition coefficient (Wildman–Crippen LogP) is 2.69. The highest BCUT2D eigenvalue weighted by Gasteiger charge is 2.08. The molecule has 0 aliphatic carbocycles. The normalized spacial score (nSPS) is 12.1. The van der Waals surface area contributed by atoms with Gasteiger partial charge in [-0.25, -0.2) is 0 Å². The first kappa shape index (κ1) is 15.4. The number of nitrogens with one attached hydrogen (secondary N) is 1. The molecule has 1 N–H and O–H groups in total. The molecule has 0 saturated carbocycles. The SMILES string of the molecule is CCn1ncc(Br)c1C(C)=CCCNCCOC. The van der Waals surface area contributed by atoms with Gasteiger partial charge in [-0.05, 0) is 48.3 Å². The van der Waals surface area contributed by atoms with Gasteiger partial charge >= 0.3 is 0 Å². The Morgan fingerprint density at radius 2 is 2.33 bits per heavy atom. The number of hydrogen-bond acceptors (Lipinski definition) is 3. The Bertz CT molecular complexity index is 388. The van der Waals surface area contributed by atoms with E-state index in [4.69, 9.17) is 4.74 Å². The molecule has 0 saturated heterocycles. The molecule has 5 heteroatoms. The van der Waals surface area contributed by atoms with Crippen molar-refractivity contribution < 1.29 is 4.74 Å². The van der Waals surface area contributed by atoms with E-state index in [0.717, 1.165) is 37.1 Å². The van der Waals surface area contributed by atoms with E-state index >= 15 is 0 Å². The summed E-state index contributed by atoms with van der Waals surface area (Å²) in [5.41, 5.74) is 2.43. The zero-order chi connectivity index (χ0) is 13.4. The fourth-order valence-electron chi connectivity index (χ4n) is 1.78. The summed E-state index contributed by atoms with van der Waals surface area (Å²) >= 11 is 3.55. The fourth-order valence-corrected chi connectivity index (χ4v) is 2.39. The monoisotopic (exact) mass is 315 g/mol. The number of aromatic nitrogens is 2. The van der Waals surface area contributed by atoms with Crippen molar-refractivity contribution in [2.45, 2.75) is 26.8 Å². The molecular formula is C13H22BrN3O. The van der Waals surface area contributed by atoms with Crippen molar-refractivity contribution in [1.82, 2.24) is 15.1 Å². The van der Waals surface area contributed by atoms with Gasteiger partial charge in [-0.1, -0.05) is 6.08 Å². The summed E-state index contributed by atoms with van der Waals surface area (Å²) < 4.78 is 8.05. The largest absolute Gasteiger partial charge is 0.383 e. The third-order valence-corrected chi connectivity index (χ3v) is 3.30. The molecule has 0 bridgehead atoms. The van der Waals surface area contributed by atoms with Gasteiger partial charge in [0, 0.05) is 20.2 Å². The van der Waals surface area contributed by atoms with Crippen LogP contribution in [0.15, 0.2) is 16.7 Å². The third-order valence-electron chi connectivity index (χ3n) is 2.72. The zero-order valence-electron chi connectivity index (χ0n) is 11.4. The van der Waals surface area contributed by atoms with Crippen molar-refractivity contribution in [3.05, 3.63) is 22.4 Å². The van der Waals surface area contributed by atoms with E-state index in [1.807, 2.05) is 10.9 Å². The predicted molar refractivity (Wildman–Crippen MR) is 78.6 cm³/mol. The molecule has 1 aromatic heterocycles. The van der Waals surface area contributed by atoms with E-state index in [0.29, 0.717) is 0 Å². The number of halogens is 1. The highest BCUT2D eigenvalue weighted by atomic mass is 79.9. The highest BCUT2D eigenvalue weighted by Crippen LogP contribution is 2.24. The van der Waals surface area contributed by atoms with Gasteiger partial charge in [-0.3, -0.25) is 4.68 Å².